The number of esters is 2. The number of nitrogens with one attached hydrogen (secondary N) is 1. The van der Waals surface area contributed by atoms with Crippen molar-refractivity contribution in [3.63, 3.8) is 0 Å². The summed E-state index contributed by atoms with van der Waals surface area (Å²) in [4.78, 5) is 39.8. The summed E-state index contributed by atoms with van der Waals surface area (Å²) in [6.07, 6.45) is 0. The van der Waals surface area contributed by atoms with E-state index in [1.165, 1.54) is 7.11 Å². The van der Waals surface area contributed by atoms with Crippen LogP contribution in [0.2, 0.25) is 5.02 Å². The van der Waals surface area contributed by atoms with E-state index >= 15 is 0 Å². The number of rotatable bonds is 11. The first kappa shape index (κ1) is 29.4. The Balaban J connectivity index is 1.80. The second kappa shape index (κ2) is 13.6. The van der Waals surface area contributed by atoms with Crippen molar-refractivity contribution in [1.82, 2.24) is 15.3 Å². The minimum Gasteiger partial charge on any atom is -0.468 e. The molecule has 38 heavy (non-hydrogen) atoms. The highest BCUT2D eigenvalue weighted by Crippen LogP contribution is 2.42. The maximum Gasteiger partial charge on any atom is 0.336 e. The Morgan fingerprint density at radius 2 is 1.76 bits per heavy atom. The van der Waals surface area contributed by atoms with Gasteiger partial charge in [0.2, 0.25) is 0 Å². The van der Waals surface area contributed by atoms with Crippen molar-refractivity contribution in [2.75, 3.05) is 33.5 Å². The zero-order chi connectivity index (χ0) is 27.8. The van der Waals surface area contributed by atoms with Crippen LogP contribution in [0.15, 0.2) is 40.5 Å². The van der Waals surface area contributed by atoms with Crippen LogP contribution < -0.4 is 5.32 Å². The van der Waals surface area contributed by atoms with E-state index in [2.05, 4.69) is 20.3 Å². The Morgan fingerprint density at radius 3 is 2.45 bits per heavy atom. The fraction of sp³-hybridized carbons (Fsp3) is 0.464. The number of aryl methyl sites for hydroxylation is 3. The number of aromatic nitrogens is 2. The highest BCUT2D eigenvalue weighted by Gasteiger charge is 2.43. The number of ether oxygens (including phenoxy) is 3. The molecule has 0 bridgehead atoms. The second-order valence-electron chi connectivity index (χ2n) is 8.99. The van der Waals surface area contributed by atoms with Crippen molar-refractivity contribution in [2.45, 2.75) is 47.1 Å². The third-order valence-corrected chi connectivity index (χ3v) is 6.79. The number of halogens is 1. The van der Waals surface area contributed by atoms with Crippen LogP contribution in [0, 0.1) is 26.7 Å². The molecule has 10 heteroatoms. The first-order valence-electron chi connectivity index (χ1n) is 12.6. The molecule has 3 rings (SSSR count). The molecule has 0 saturated carbocycles. The molecule has 0 fully saturated rings. The van der Waals surface area contributed by atoms with Crippen LogP contribution in [0.5, 0.6) is 0 Å². The van der Waals surface area contributed by atoms with E-state index in [1.807, 2.05) is 26.8 Å². The summed E-state index contributed by atoms with van der Waals surface area (Å²) in [7, 11) is 1.31. The SMILES string of the molecule is CCOC(=O)C1=C(COCCNCc2nc(C)c(C)nc2C)N=C(C)C(C(=O)OC)C1c1ccccc1Cl. The number of methoxy groups -OCH3 is 1. The minimum atomic E-state index is -0.827. The van der Waals surface area contributed by atoms with Gasteiger partial charge in [0.25, 0.3) is 0 Å². The first-order chi connectivity index (χ1) is 18.2. The van der Waals surface area contributed by atoms with Crippen molar-refractivity contribution >= 4 is 29.3 Å². The van der Waals surface area contributed by atoms with Gasteiger partial charge in [-0.05, 0) is 46.2 Å². The predicted octanol–water partition coefficient (Wildman–Crippen LogP) is 4.03. The standard InChI is InChI=1S/C28H35ClN4O5/c1-7-38-28(35)26-23(15-37-13-12-30-14-22-18(4)31-16(2)17(3)32-22)33-19(5)24(27(34)36-6)25(26)20-10-8-9-11-21(20)29/h8-11,24-25,30H,7,12-15H2,1-6H3. The molecule has 0 aliphatic carbocycles. The van der Waals surface area contributed by atoms with Crippen LogP contribution in [0.1, 0.15) is 48.1 Å². The number of carbonyl (C=O) groups is 2. The van der Waals surface area contributed by atoms with Gasteiger partial charge in [-0.25, -0.2) is 4.79 Å². The van der Waals surface area contributed by atoms with Crippen molar-refractivity contribution in [3.05, 3.63) is 68.9 Å². The Labute approximate surface area is 228 Å². The third kappa shape index (κ3) is 6.83. The second-order valence-corrected chi connectivity index (χ2v) is 9.40. The largest absolute Gasteiger partial charge is 0.468 e. The summed E-state index contributed by atoms with van der Waals surface area (Å²) in [5.74, 6) is -2.63. The highest BCUT2D eigenvalue weighted by molar-refractivity contribution is 6.31. The van der Waals surface area contributed by atoms with Gasteiger partial charge in [-0.1, -0.05) is 29.8 Å². The van der Waals surface area contributed by atoms with Gasteiger partial charge in [0.05, 0.1) is 61.0 Å². The highest BCUT2D eigenvalue weighted by atomic mass is 35.5. The van der Waals surface area contributed by atoms with E-state index in [-0.39, 0.29) is 18.8 Å². The molecule has 0 amide bonds. The molecule has 2 heterocycles. The van der Waals surface area contributed by atoms with E-state index in [0.717, 1.165) is 22.8 Å². The minimum absolute atomic E-state index is 0.0600. The molecule has 0 saturated heterocycles. The first-order valence-corrected chi connectivity index (χ1v) is 12.9. The normalized spacial score (nSPS) is 17.3. The number of carbonyl (C=O) groups excluding carboxylic acids is 2. The molecule has 1 aromatic heterocycles. The maximum absolute atomic E-state index is 13.2. The average molecular weight is 543 g/mol. The fourth-order valence-corrected chi connectivity index (χ4v) is 4.69. The summed E-state index contributed by atoms with van der Waals surface area (Å²) < 4.78 is 16.4. The van der Waals surface area contributed by atoms with E-state index in [0.29, 0.717) is 41.7 Å². The molecule has 1 N–H and O–H groups in total. The molecule has 1 aliphatic rings. The maximum atomic E-state index is 13.2. The molecule has 9 nitrogen and oxygen atoms in total. The average Bonchev–Trinajstić information content (AvgIpc) is 2.88. The molecule has 1 aliphatic heterocycles. The van der Waals surface area contributed by atoms with E-state index < -0.39 is 23.8 Å². The molecular formula is C28H35ClN4O5. The summed E-state index contributed by atoms with van der Waals surface area (Å²) in [5.41, 5.74) is 5.39. The monoisotopic (exact) mass is 542 g/mol. The Morgan fingerprint density at radius 1 is 1.05 bits per heavy atom. The van der Waals surface area contributed by atoms with Crippen molar-refractivity contribution < 1.29 is 23.8 Å². The number of aliphatic imine (C=N–C) groups is 1. The summed E-state index contributed by atoms with van der Waals surface area (Å²) in [5, 5.41) is 3.74. The lowest BCUT2D eigenvalue weighted by molar-refractivity contribution is -0.144. The molecule has 204 valence electrons. The summed E-state index contributed by atoms with van der Waals surface area (Å²) in [6.45, 7) is 11.0. The van der Waals surface area contributed by atoms with Gasteiger partial charge < -0.3 is 19.5 Å². The Bertz CT molecular complexity index is 1240. The van der Waals surface area contributed by atoms with Gasteiger partial charge in [-0.2, -0.15) is 0 Å². The van der Waals surface area contributed by atoms with Gasteiger partial charge in [0, 0.05) is 29.7 Å². The van der Waals surface area contributed by atoms with Crippen molar-refractivity contribution in [1.29, 1.82) is 0 Å². The molecule has 0 radical (unpaired) electrons. The fourth-order valence-electron chi connectivity index (χ4n) is 4.44. The molecule has 2 atom stereocenters. The molecule has 2 aromatic rings. The number of hydrogen-bond donors (Lipinski definition) is 1. The Kier molecular flexibility index (Phi) is 10.5. The van der Waals surface area contributed by atoms with Crippen molar-refractivity contribution in [2.24, 2.45) is 10.9 Å². The van der Waals surface area contributed by atoms with Gasteiger partial charge in [-0.3, -0.25) is 19.8 Å². The van der Waals surface area contributed by atoms with E-state index in [4.69, 9.17) is 25.8 Å². The topological polar surface area (TPSA) is 112 Å². The van der Waals surface area contributed by atoms with Crippen molar-refractivity contribution in [3.8, 4) is 0 Å². The van der Waals surface area contributed by atoms with Gasteiger partial charge in [0.1, 0.15) is 5.92 Å². The van der Waals surface area contributed by atoms with Gasteiger partial charge in [0.15, 0.2) is 0 Å². The molecular weight excluding hydrogens is 508 g/mol. The quantitative estimate of drug-likeness (QED) is 0.334. The third-order valence-electron chi connectivity index (χ3n) is 6.44. The van der Waals surface area contributed by atoms with Crippen LogP contribution in [0.4, 0.5) is 0 Å². The lowest BCUT2D eigenvalue weighted by atomic mass is 9.75. The molecule has 2 unspecified atom stereocenters. The Hall–Kier alpha value is -3.14. The van der Waals surface area contributed by atoms with Crippen LogP contribution in [0.3, 0.4) is 0 Å². The number of nitrogens with zero attached hydrogens (tertiary/aromatic N) is 3. The molecule has 1 aromatic carbocycles. The molecule has 0 spiro atoms. The van der Waals surface area contributed by atoms with Crippen LogP contribution in [0.25, 0.3) is 0 Å². The summed E-state index contributed by atoms with van der Waals surface area (Å²) >= 11 is 6.54. The van der Waals surface area contributed by atoms with E-state index in [1.54, 1.807) is 32.0 Å². The van der Waals surface area contributed by atoms with Crippen LogP contribution in [-0.2, 0) is 30.3 Å². The number of benzene rings is 1. The smallest absolute Gasteiger partial charge is 0.336 e. The van der Waals surface area contributed by atoms with Crippen LogP contribution in [-0.4, -0.2) is 61.1 Å². The van der Waals surface area contributed by atoms with Gasteiger partial charge in [-0.15, -0.1) is 0 Å². The van der Waals surface area contributed by atoms with E-state index in [9.17, 15) is 9.59 Å². The zero-order valence-corrected chi connectivity index (χ0v) is 23.5. The van der Waals surface area contributed by atoms with Crippen LogP contribution >= 0.6 is 11.6 Å². The summed E-state index contributed by atoms with van der Waals surface area (Å²) in [6, 6.07) is 7.11. The predicted molar refractivity (Wildman–Crippen MR) is 145 cm³/mol. The lowest BCUT2D eigenvalue weighted by Gasteiger charge is -2.32. The lowest BCUT2D eigenvalue weighted by Crippen LogP contribution is -2.37. The zero-order valence-electron chi connectivity index (χ0n) is 22.8. The van der Waals surface area contributed by atoms with Gasteiger partial charge >= 0.3 is 11.9 Å². The number of hydrogen-bond acceptors (Lipinski definition) is 9.